The van der Waals surface area contributed by atoms with Gasteiger partial charge in [0.1, 0.15) is 5.75 Å². The third-order valence-corrected chi connectivity index (χ3v) is 4.23. The summed E-state index contributed by atoms with van der Waals surface area (Å²) in [6.45, 7) is 8.21. The topological polar surface area (TPSA) is 90.7 Å². The molecule has 0 radical (unpaired) electrons. The number of anilines is 1. The van der Waals surface area contributed by atoms with E-state index in [2.05, 4.69) is 0 Å². The fourth-order valence-corrected chi connectivity index (χ4v) is 2.11. The van der Waals surface area contributed by atoms with E-state index in [-0.39, 0.29) is 12.3 Å². The summed E-state index contributed by atoms with van der Waals surface area (Å²) in [6, 6.07) is 5.19. The number of phenols is 1. The van der Waals surface area contributed by atoms with Gasteiger partial charge in [-0.05, 0) is 39.2 Å². The van der Waals surface area contributed by atoms with Gasteiger partial charge in [-0.1, -0.05) is 18.2 Å². The molecule has 0 aromatic heterocycles. The van der Waals surface area contributed by atoms with Crippen LogP contribution < -0.4 is 11.5 Å². The van der Waals surface area contributed by atoms with Gasteiger partial charge in [-0.15, -0.1) is 0 Å². The van der Waals surface area contributed by atoms with E-state index in [9.17, 15) is 5.11 Å². The van der Waals surface area contributed by atoms with Crippen molar-refractivity contribution in [3.8, 4) is 5.75 Å². The van der Waals surface area contributed by atoms with Crippen molar-refractivity contribution in [3.05, 3.63) is 29.2 Å². The number of para-hydroxylation sites is 1. The molecule has 114 valence electrons. The molecule has 1 aliphatic rings. The molecule has 1 heterocycles. The van der Waals surface area contributed by atoms with Gasteiger partial charge in [-0.2, -0.15) is 0 Å². The number of hydrogen-bond acceptors (Lipinski definition) is 5. The van der Waals surface area contributed by atoms with Crippen LogP contribution in [0.5, 0.6) is 5.75 Å². The highest BCUT2D eigenvalue weighted by atomic mass is 16.7. The van der Waals surface area contributed by atoms with E-state index in [4.69, 9.17) is 20.8 Å². The minimum Gasteiger partial charge on any atom is -0.505 e. The van der Waals surface area contributed by atoms with Gasteiger partial charge in [-0.3, -0.25) is 0 Å². The molecule has 1 saturated heterocycles. The van der Waals surface area contributed by atoms with Crippen LogP contribution >= 0.6 is 0 Å². The lowest BCUT2D eigenvalue weighted by atomic mass is 9.77. The van der Waals surface area contributed by atoms with E-state index in [1.807, 2.05) is 27.7 Å². The molecule has 0 bridgehead atoms. The maximum absolute atomic E-state index is 10.00. The first kappa shape index (κ1) is 15.9. The lowest BCUT2D eigenvalue weighted by Crippen LogP contribution is -2.41. The second-order valence-corrected chi connectivity index (χ2v) is 6.30. The van der Waals surface area contributed by atoms with E-state index in [1.54, 1.807) is 24.3 Å². The maximum Gasteiger partial charge on any atom is 0.491 e. The van der Waals surface area contributed by atoms with Gasteiger partial charge < -0.3 is 25.9 Å². The molecule has 0 unspecified atom stereocenters. The van der Waals surface area contributed by atoms with Crippen molar-refractivity contribution >= 4 is 18.9 Å². The number of rotatable bonds is 3. The molecule has 2 rings (SSSR count). The average Bonchev–Trinajstić information content (AvgIpc) is 2.60. The van der Waals surface area contributed by atoms with Crippen LogP contribution in [-0.2, 0) is 9.31 Å². The zero-order chi connectivity index (χ0) is 15.8. The molecular weight excluding hydrogens is 267 g/mol. The fraction of sp³-hybridized carbons (Fsp3) is 0.467. The Balaban J connectivity index is 2.33. The molecule has 0 saturated carbocycles. The van der Waals surface area contributed by atoms with Crippen LogP contribution in [0.2, 0.25) is 0 Å². The van der Waals surface area contributed by atoms with Crippen molar-refractivity contribution in [2.45, 2.75) is 38.9 Å². The molecule has 1 aromatic rings. The molecule has 0 amide bonds. The summed E-state index contributed by atoms with van der Waals surface area (Å²) in [6.07, 6.45) is 1.77. The molecule has 0 aliphatic carbocycles. The van der Waals surface area contributed by atoms with Crippen LogP contribution in [0, 0.1) is 0 Å². The highest BCUT2D eigenvalue weighted by Gasteiger charge is 2.52. The lowest BCUT2D eigenvalue weighted by molar-refractivity contribution is 0.00578. The van der Waals surface area contributed by atoms with Crippen LogP contribution in [-0.4, -0.2) is 30.0 Å². The van der Waals surface area contributed by atoms with Gasteiger partial charge in [0.25, 0.3) is 0 Å². The summed E-state index contributed by atoms with van der Waals surface area (Å²) in [5.41, 5.74) is 12.4. The predicted octanol–water partition coefficient (Wildman–Crippen LogP) is 1.95. The first-order chi connectivity index (χ1) is 9.68. The van der Waals surface area contributed by atoms with Crippen LogP contribution in [0.15, 0.2) is 23.7 Å². The summed E-state index contributed by atoms with van der Waals surface area (Å²) >= 11 is 0. The van der Waals surface area contributed by atoms with Crippen LogP contribution in [0.25, 0.3) is 6.08 Å². The number of nitrogen functional groups attached to an aromatic ring is 1. The van der Waals surface area contributed by atoms with Crippen LogP contribution in [0.1, 0.15) is 33.3 Å². The molecular formula is C15H23BN2O3. The minimum absolute atomic E-state index is 0.0416. The van der Waals surface area contributed by atoms with Crippen molar-refractivity contribution in [2.24, 2.45) is 5.73 Å². The second-order valence-electron chi connectivity index (χ2n) is 6.30. The number of aromatic hydroxyl groups is 1. The molecule has 21 heavy (non-hydrogen) atoms. The fourth-order valence-electron chi connectivity index (χ4n) is 2.11. The third-order valence-electron chi connectivity index (χ3n) is 4.23. The molecule has 0 spiro atoms. The SMILES string of the molecule is CC1(C)OB(C(=Cc2cccc(N)c2O)CN)OC1(C)C. The van der Waals surface area contributed by atoms with Gasteiger partial charge in [0.15, 0.2) is 0 Å². The van der Waals surface area contributed by atoms with Crippen molar-refractivity contribution < 1.29 is 14.4 Å². The molecule has 1 aromatic carbocycles. The van der Waals surface area contributed by atoms with Gasteiger partial charge in [0, 0.05) is 12.1 Å². The molecule has 6 heteroatoms. The van der Waals surface area contributed by atoms with E-state index in [0.29, 0.717) is 11.3 Å². The zero-order valence-corrected chi connectivity index (χ0v) is 13.0. The van der Waals surface area contributed by atoms with E-state index in [0.717, 1.165) is 5.47 Å². The zero-order valence-electron chi connectivity index (χ0n) is 13.0. The molecule has 5 nitrogen and oxygen atoms in total. The van der Waals surface area contributed by atoms with Gasteiger partial charge in [0.05, 0.1) is 16.9 Å². The van der Waals surface area contributed by atoms with Crippen molar-refractivity contribution in [1.82, 2.24) is 0 Å². The maximum atomic E-state index is 10.00. The van der Waals surface area contributed by atoms with E-state index >= 15 is 0 Å². The number of benzene rings is 1. The number of nitrogens with two attached hydrogens (primary N) is 2. The van der Waals surface area contributed by atoms with Crippen molar-refractivity contribution in [1.29, 1.82) is 0 Å². The summed E-state index contributed by atoms with van der Waals surface area (Å²) in [5, 5.41) is 10.00. The Kier molecular flexibility index (Phi) is 4.06. The monoisotopic (exact) mass is 290 g/mol. The minimum atomic E-state index is -0.527. The molecule has 1 fully saturated rings. The van der Waals surface area contributed by atoms with Gasteiger partial charge >= 0.3 is 7.12 Å². The quantitative estimate of drug-likeness (QED) is 0.449. The summed E-state index contributed by atoms with van der Waals surface area (Å²) in [4.78, 5) is 0. The number of phenolic OH excluding ortho intramolecular Hbond substituents is 1. The predicted molar refractivity (Wildman–Crippen MR) is 85.6 cm³/mol. The largest absolute Gasteiger partial charge is 0.505 e. The van der Waals surface area contributed by atoms with Crippen molar-refractivity contribution in [2.75, 3.05) is 12.3 Å². The summed E-state index contributed by atoms with van der Waals surface area (Å²) in [7, 11) is -0.527. The van der Waals surface area contributed by atoms with Gasteiger partial charge in [-0.25, -0.2) is 0 Å². The Hall–Kier alpha value is -1.50. The van der Waals surface area contributed by atoms with E-state index in [1.165, 1.54) is 0 Å². The summed E-state index contributed by atoms with van der Waals surface area (Å²) in [5.74, 6) is 0.0416. The summed E-state index contributed by atoms with van der Waals surface area (Å²) < 4.78 is 12.0. The van der Waals surface area contributed by atoms with Crippen molar-refractivity contribution in [3.63, 3.8) is 0 Å². The first-order valence-electron chi connectivity index (χ1n) is 7.01. The Morgan fingerprint density at radius 2 is 1.81 bits per heavy atom. The Morgan fingerprint density at radius 1 is 1.24 bits per heavy atom. The van der Waals surface area contributed by atoms with Crippen LogP contribution in [0.3, 0.4) is 0 Å². The normalized spacial score (nSPS) is 20.8. The standard InChI is InChI=1S/C15H23BN2O3/c1-14(2)15(3,4)21-16(20-14)11(9-17)8-10-6-5-7-12(18)13(10)19/h5-8,19H,9,17-18H2,1-4H3. The number of hydrogen-bond donors (Lipinski definition) is 3. The third kappa shape index (κ3) is 2.93. The highest BCUT2D eigenvalue weighted by Crippen LogP contribution is 2.39. The molecule has 1 aliphatic heterocycles. The highest BCUT2D eigenvalue weighted by molar-refractivity contribution is 6.56. The Labute approximate surface area is 126 Å². The van der Waals surface area contributed by atoms with Gasteiger partial charge in [0.2, 0.25) is 0 Å². The Morgan fingerprint density at radius 3 is 2.33 bits per heavy atom. The van der Waals surface area contributed by atoms with E-state index < -0.39 is 18.3 Å². The molecule has 0 atom stereocenters. The van der Waals surface area contributed by atoms with Crippen LogP contribution in [0.4, 0.5) is 5.69 Å². The Bertz CT molecular complexity index is 554. The second kappa shape index (κ2) is 5.37. The first-order valence-corrected chi connectivity index (χ1v) is 7.01. The lowest BCUT2D eigenvalue weighted by Gasteiger charge is -2.32. The average molecular weight is 290 g/mol. The molecule has 5 N–H and O–H groups in total. The smallest absolute Gasteiger partial charge is 0.491 e.